The Labute approximate surface area is 109 Å². The van der Waals surface area contributed by atoms with Crippen LogP contribution in [0.1, 0.15) is 24.0 Å². The molecule has 0 saturated carbocycles. The van der Waals surface area contributed by atoms with Crippen LogP contribution in [0.2, 0.25) is 0 Å². The molecule has 0 atom stereocenters. The first-order chi connectivity index (χ1) is 8.68. The molecule has 0 radical (unpaired) electrons. The Bertz CT molecular complexity index is 411. The number of rotatable bonds is 3. The van der Waals surface area contributed by atoms with Gasteiger partial charge in [0.25, 0.3) is 0 Å². The second kappa shape index (κ2) is 6.01. The van der Waals surface area contributed by atoms with Crippen LogP contribution in [0.15, 0.2) is 24.3 Å². The zero-order valence-corrected chi connectivity index (χ0v) is 11.3. The molecule has 1 heterocycles. The maximum absolute atomic E-state index is 12.3. The Morgan fingerprint density at radius 2 is 2.00 bits per heavy atom. The lowest BCUT2D eigenvalue weighted by molar-refractivity contribution is -0.135. The van der Waals surface area contributed by atoms with E-state index in [-0.39, 0.29) is 5.92 Å². The van der Waals surface area contributed by atoms with E-state index in [0.29, 0.717) is 5.91 Å². The van der Waals surface area contributed by atoms with Crippen LogP contribution in [-0.4, -0.2) is 30.9 Å². The number of hydrogen-bond acceptors (Lipinski definition) is 2. The number of carbonyl (C=O) groups is 1. The van der Waals surface area contributed by atoms with Crippen LogP contribution < -0.4 is 5.32 Å². The average molecular weight is 246 g/mol. The molecular weight excluding hydrogens is 224 g/mol. The van der Waals surface area contributed by atoms with Crippen molar-refractivity contribution in [1.82, 2.24) is 10.2 Å². The molecule has 0 aromatic heterocycles. The van der Waals surface area contributed by atoms with Gasteiger partial charge in [0.1, 0.15) is 0 Å². The monoisotopic (exact) mass is 246 g/mol. The predicted molar refractivity (Wildman–Crippen MR) is 73.2 cm³/mol. The fourth-order valence-corrected chi connectivity index (χ4v) is 2.50. The van der Waals surface area contributed by atoms with Crippen molar-refractivity contribution in [1.29, 1.82) is 0 Å². The molecule has 1 amide bonds. The zero-order valence-electron chi connectivity index (χ0n) is 11.3. The van der Waals surface area contributed by atoms with Gasteiger partial charge in [-0.3, -0.25) is 4.79 Å². The smallest absolute Gasteiger partial charge is 0.225 e. The third-order valence-electron chi connectivity index (χ3n) is 3.73. The third kappa shape index (κ3) is 3.10. The Hall–Kier alpha value is -1.35. The summed E-state index contributed by atoms with van der Waals surface area (Å²) < 4.78 is 0. The van der Waals surface area contributed by atoms with Crippen molar-refractivity contribution in [2.24, 2.45) is 5.92 Å². The van der Waals surface area contributed by atoms with Crippen LogP contribution in [0, 0.1) is 12.8 Å². The van der Waals surface area contributed by atoms with E-state index in [1.54, 1.807) is 0 Å². The largest absolute Gasteiger partial charge is 0.341 e. The van der Waals surface area contributed by atoms with Gasteiger partial charge in [-0.25, -0.2) is 0 Å². The van der Waals surface area contributed by atoms with Crippen LogP contribution in [0.5, 0.6) is 0 Å². The summed E-state index contributed by atoms with van der Waals surface area (Å²) in [6, 6.07) is 8.26. The molecule has 3 heteroatoms. The van der Waals surface area contributed by atoms with Crippen LogP contribution >= 0.6 is 0 Å². The topological polar surface area (TPSA) is 32.3 Å². The van der Waals surface area contributed by atoms with Gasteiger partial charge < -0.3 is 10.2 Å². The van der Waals surface area contributed by atoms with Crippen LogP contribution in [-0.2, 0) is 11.3 Å². The van der Waals surface area contributed by atoms with E-state index in [0.717, 1.165) is 32.5 Å². The molecule has 18 heavy (non-hydrogen) atoms. The van der Waals surface area contributed by atoms with Gasteiger partial charge >= 0.3 is 0 Å². The summed E-state index contributed by atoms with van der Waals surface area (Å²) in [6.07, 6.45) is 1.94. The van der Waals surface area contributed by atoms with Crippen LogP contribution in [0.4, 0.5) is 0 Å². The normalized spacial score (nSPS) is 16.6. The Morgan fingerprint density at radius 3 is 2.67 bits per heavy atom. The van der Waals surface area contributed by atoms with E-state index < -0.39 is 0 Å². The van der Waals surface area contributed by atoms with Crippen molar-refractivity contribution >= 4 is 5.91 Å². The lowest BCUT2D eigenvalue weighted by atomic mass is 9.96. The number of piperidine rings is 1. The Kier molecular flexibility index (Phi) is 4.37. The molecule has 98 valence electrons. The summed E-state index contributed by atoms with van der Waals surface area (Å²) in [7, 11) is 1.91. The van der Waals surface area contributed by atoms with Crippen molar-refractivity contribution in [2.75, 3.05) is 20.1 Å². The van der Waals surface area contributed by atoms with Gasteiger partial charge in [0.2, 0.25) is 5.91 Å². The minimum atomic E-state index is 0.209. The van der Waals surface area contributed by atoms with Crippen molar-refractivity contribution in [3.8, 4) is 0 Å². The number of aryl methyl sites for hydroxylation is 1. The van der Waals surface area contributed by atoms with Gasteiger partial charge in [-0.2, -0.15) is 0 Å². The summed E-state index contributed by atoms with van der Waals surface area (Å²) >= 11 is 0. The molecular formula is C15H22N2O. The number of nitrogens with one attached hydrogen (secondary N) is 1. The first-order valence-corrected chi connectivity index (χ1v) is 6.68. The van der Waals surface area contributed by atoms with Crippen molar-refractivity contribution in [3.63, 3.8) is 0 Å². The highest BCUT2D eigenvalue weighted by Gasteiger charge is 2.23. The highest BCUT2D eigenvalue weighted by molar-refractivity contribution is 5.78. The molecule has 1 aromatic carbocycles. The number of benzene rings is 1. The summed E-state index contributed by atoms with van der Waals surface area (Å²) in [5, 5.41) is 3.30. The first-order valence-electron chi connectivity index (χ1n) is 6.68. The van der Waals surface area contributed by atoms with Crippen molar-refractivity contribution in [2.45, 2.75) is 26.3 Å². The molecule has 2 rings (SSSR count). The SMILES string of the molecule is Cc1ccccc1CN(C)C(=O)C1CCNCC1. The molecule has 0 bridgehead atoms. The second-order valence-electron chi connectivity index (χ2n) is 5.15. The van der Waals surface area contributed by atoms with Gasteiger partial charge in [0.05, 0.1) is 0 Å². The van der Waals surface area contributed by atoms with Gasteiger partial charge in [-0.15, -0.1) is 0 Å². The lowest BCUT2D eigenvalue weighted by Crippen LogP contribution is -2.39. The van der Waals surface area contributed by atoms with E-state index in [2.05, 4.69) is 24.4 Å². The van der Waals surface area contributed by atoms with E-state index >= 15 is 0 Å². The molecule has 1 saturated heterocycles. The second-order valence-corrected chi connectivity index (χ2v) is 5.15. The summed E-state index contributed by atoms with van der Waals surface area (Å²) in [5.41, 5.74) is 2.49. The van der Waals surface area contributed by atoms with E-state index in [9.17, 15) is 4.79 Å². The van der Waals surface area contributed by atoms with Gasteiger partial charge in [0, 0.05) is 19.5 Å². The van der Waals surface area contributed by atoms with Crippen LogP contribution in [0.25, 0.3) is 0 Å². The van der Waals surface area contributed by atoms with Crippen molar-refractivity contribution in [3.05, 3.63) is 35.4 Å². The highest BCUT2D eigenvalue weighted by atomic mass is 16.2. The third-order valence-corrected chi connectivity index (χ3v) is 3.73. The average Bonchev–Trinajstić information content (AvgIpc) is 2.41. The van der Waals surface area contributed by atoms with E-state index in [1.165, 1.54) is 11.1 Å². The lowest BCUT2D eigenvalue weighted by Gasteiger charge is -2.27. The van der Waals surface area contributed by atoms with Gasteiger partial charge in [-0.05, 0) is 44.0 Å². The number of hydrogen-bond donors (Lipinski definition) is 1. The molecule has 0 unspecified atom stereocenters. The molecule has 0 aliphatic carbocycles. The molecule has 1 aliphatic rings. The number of nitrogens with zero attached hydrogens (tertiary/aromatic N) is 1. The first kappa shape index (κ1) is 13.1. The Morgan fingerprint density at radius 1 is 1.33 bits per heavy atom. The van der Waals surface area contributed by atoms with Crippen LogP contribution in [0.3, 0.4) is 0 Å². The van der Waals surface area contributed by atoms with Gasteiger partial charge in [0.15, 0.2) is 0 Å². The highest BCUT2D eigenvalue weighted by Crippen LogP contribution is 2.17. The van der Waals surface area contributed by atoms with E-state index in [4.69, 9.17) is 0 Å². The Balaban J connectivity index is 1.96. The zero-order chi connectivity index (χ0) is 13.0. The summed E-state index contributed by atoms with van der Waals surface area (Å²) in [5.74, 6) is 0.500. The minimum absolute atomic E-state index is 0.209. The fraction of sp³-hybridized carbons (Fsp3) is 0.533. The standard InChI is InChI=1S/C15H22N2O/c1-12-5-3-4-6-14(12)11-17(2)15(18)13-7-9-16-10-8-13/h3-6,13,16H,7-11H2,1-2H3. The van der Waals surface area contributed by atoms with Crippen molar-refractivity contribution < 1.29 is 4.79 Å². The fourth-order valence-electron chi connectivity index (χ4n) is 2.50. The number of carbonyl (C=O) groups excluding carboxylic acids is 1. The molecule has 1 fully saturated rings. The maximum atomic E-state index is 12.3. The molecule has 3 nitrogen and oxygen atoms in total. The summed E-state index contributed by atoms with van der Waals surface area (Å²) in [4.78, 5) is 14.2. The molecule has 1 aliphatic heterocycles. The molecule has 1 N–H and O–H groups in total. The van der Waals surface area contributed by atoms with E-state index in [1.807, 2.05) is 24.1 Å². The summed E-state index contributed by atoms with van der Waals surface area (Å²) in [6.45, 7) is 4.75. The predicted octanol–water partition coefficient (Wildman–Crippen LogP) is 1.95. The molecule has 1 aromatic rings. The molecule has 0 spiro atoms. The minimum Gasteiger partial charge on any atom is -0.341 e. The van der Waals surface area contributed by atoms with Gasteiger partial charge in [-0.1, -0.05) is 24.3 Å². The maximum Gasteiger partial charge on any atom is 0.225 e. The quantitative estimate of drug-likeness (QED) is 0.884. The number of amides is 1.